The maximum absolute atomic E-state index is 13.4. The molecule has 1 heterocycles. The van der Waals surface area contributed by atoms with Crippen molar-refractivity contribution < 1.29 is 13.9 Å². The molecule has 2 rings (SSSR count). The molecule has 0 aliphatic heterocycles. The summed E-state index contributed by atoms with van der Waals surface area (Å²) in [6, 6.07) is 4.11. The first-order valence-electron chi connectivity index (χ1n) is 5.50. The molecule has 0 radical (unpaired) electrons. The van der Waals surface area contributed by atoms with Gasteiger partial charge in [0.1, 0.15) is 17.2 Å². The van der Waals surface area contributed by atoms with Crippen molar-refractivity contribution in [2.75, 3.05) is 12.3 Å². The number of benzene rings is 1. The molecule has 0 amide bonds. The SMILES string of the molecule is CCOC(=O)c1cnn(-c2ccc(Cl)c(F)c2)c1N. The lowest BCUT2D eigenvalue weighted by atomic mass is 10.3. The molecular weight excluding hydrogens is 273 g/mol. The van der Waals surface area contributed by atoms with Gasteiger partial charge in [0.15, 0.2) is 0 Å². The minimum absolute atomic E-state index is 0.0000868. The molecule has 19 heavy (non-hydrogen) atoms. The fourth-order valence-corrected chi connectivity index (χ4v) is 1.66. The molecule has 0 unspecified atom stereocenters. The molecule has 0 spiro atoms. The van der Waals surface area contributed by atoms with Gasteiger partial charge in [0.05, 0.1) is 23.5 Å². The van der Waals surface area contributed by atoms with Crippen LogP contribution in [-0.2, 0) is 4.74 Å². The van der Waals surface area contributed by atoms with Crippen molar-refractivity contribution in [3.8, 4) is 5.69 Å². The molecule has 0 saturated carbocycles. The molecule has 0 aliphatic carbocycles. The van der Waals surface area contributed by atoms with Gasteiger partial charge in [-0.2, -0.15) is 5.10 Å². The van der Waals surface area contributed by atoms with E-state index in [1.54, 1.807) is 13.0 Å². The van der Waals surface area contributed by atoms with Gasteiger partial charge in [-0.1, -0.05) is 11.6 Å². The number of carbonyl (C=O) groups is 1. The van der Waals surface area contributed by atoms with Crippen molar-refractivity contribution in [3.63, 3.8) is 0 Å². The summed E-state index contributed by atoms with van der Waals surface area (Å²) in [6.45, 7) is 1.92. The smallest absolute Gasteiger partial charge is 0.343 e. The van der Waals surface area contributed by atoms with E-state index in [1.807, 2.05) is 0 Å². The minimum atomic E-state index is -0.591. The highest BCUT2D eigenvalue weighted by Gasteiger charge is 2.17. The summed E-state index contributed by atoms with van der Waals surface area (Å²) in [5.41, 5.74) is 6.31. The van der Waals surface area contributed by atoms with Crippen molar-refractivity contribution in [3.05, 3.63) is 40.8 Å². The number of ether oxygens (including phenoxy) is 1. The summed E-state index contributed by atoms with van der Waals surface area (Å²) < 4.78 is 19.5. The lowest BCUT2D eigenvalue weighted by molar-refractivity contribution is 0.0527. The van der Waals surface area contributed by atoms with E-state index in [9.17, 15) is 9.18 Å². The number of nitrogens with zero attached hydrogens (tertiary/aromatic N) is 2. The van der Waals surface area contributed by atoms with Crippen LogP contribution in [-0.4, -0.2) is 22.4 Å². The molecule has 0 fully saturated rings. The van der Waals surface area contributed by atoms with Crippen LogP contribution in [0.4, 0.5) is 10.2 Å². The zero-order valence-corrected chi connectivity index (χ0v) is 10.8. The van der Waals surface area contributed by atoms with Gasteiger partial charge in [0.25, 0.3) is 0 Å². The summed E-state index contributed by atoms with van der Waals surface area (Å²) in [6.07, 6.45) is 1.28. The van der Waals surface area contributed by atoms with Crippen LogP contribution in [0.2, 0.25) is 5.02 Å². The van der Waals surface area contributed by atoms with E-state index in [2.05, 4.69) is 5.10 Å². The van der Waals surface area contributed by atoms with E-state index in [0.29, 0.717) is 5.69 Å². The van der Waals surface area contributed by atoms with Crippen LogP contribution in [0.3, 0.4) is 0 Å². The number of nitrogens with two attached hydrogens (primary N) is 1. The Morgan fingerprint density at radius 3 is 2.95 bits per heavy atom. The van der Waals surface area contributed by atoms with Crippen molar-refractivity contribution in [2.24, 2.45) is 0 Å². The Morgan fingerprint density at radius 1 is 1.58 bits per heavy atom. The average Bonchev–Trinajstić information content (AvgIpc) is 2.75. The lowest BCUT2D eigenvalue weighted by Gasteiger charge is -2.06. The zero-order valence-electron chi connectivity index (χ0n) is 10.1. The third-order valence-electron chi connectivity index (χ3n) is 2.45. The van der Waals surface area contributed by atoms with Crippen LogP contribution in [0.5, 0.6) is 0 Å². The van der Waals surface area contributed by atoms with Gasteiger partial charge in [0.2, 0.25) is 0 Å². The highest BCUT2D eigenvalue weighted by Crippen LogP contribution is 2.22. The lowest BCUT2D eigenvalue weighted by Crippen LogP contribution is -2.09. The number of esters is 1. The van der Waals surface area contributed by atoms with Crippen molar-refractivity contribution in [1.29, 1.82) is 0 Å². The molecule has 0 aliphatic rings. The van der Waals surface area contributed by atoms with Gasteiger partial charge < -0.3 is 10.5 Å². The maximum Gasteiger partial charge on any atom is 0.343 e. The van der Waals surface area contributed by atoms with Crippen LogP contribution < -0.4 is 5.73 Å². The minimum Gasteiger partial charge on any atom is -0.462 e. The highest BCUT2D eigenvalue weighted by atomic mass is 35.5. The predicted octanol–water partition coefficient (Wildman–Crippen LogP) is 2.42. The predicted molar refractivity (Wildman–Crippen MR) is 68.9 cm³/mol. The van der Waals surface area contributed by atoms with Crippen LogP contribution in [0, 0.1) is 5.82 Å². The Bertz CT molecular complexity index is 627. The number of hydrogen-bond donors (Lipinski definition) is 1. The third kappa shape index (κ3) is 2.53. The van der Waals surface area contributed by atoms with Crippen LogP contribution in [0.15, 0.2) is 24.4 Å². The quantitative estimate of drug-likeness (QED) is 0.878. The number of anilines is 1. The fourth-order valence-electron chi connectivity index (χ4n) is 1.55. The summed E-state index contributed by atoms with van der Waals surface area (Å²) in [5.74, 6) is -1.08. The first-order valence-corrected chi connectivity index (χ1v) is 5.88. The molecular formula is C12H11ClFN3O2. The monoisotopic (exact) mass is 283 g/mol. The van der Waals surface area contributed by atoms with Crippen LogP contribution >= 0.6 is 11.6 Å². The Kier molecular flexibility index (Phi) is 3.71. The van der Waals surface area contributed by atoms with Gasteiger partial charge >= 0.3 is 5.97 Å². The van der Waals surface area contributed by atoms with Gasteiger partial charge in [-0.3, -0.25) is 0 Å². The largest absolute Gasteiger partial charge is 0.462 e. The summed E-state index contributed by atoms with van der Waals surface area (Å²) in [7, 11) is 0. The van der Waals surface area contributed by atoms with Crippen LogP contribution in [0.25, 0.3) is 5.69 Å². The molecule has 5 nitrogen and oxygen atoms in total. The molecule has 0 atom stereocenters. The molecule has 100 valence electrons. The molecule has 0 bridgehead atoms. The normalized spacial score (nSPS) is 10.5. The van der Waals surface area contributed by atoms with Gasteiger partial charge in [-0.15, -0.1) is 0 Å². The highest BCUT2D eigenvalue weighted by molar-refractivity contribution is 6.30. The van der Waals surface area contributed by atoms with E-state index in [4.69, 9.17) is 22.1 Å². The maximum atomic E-state index is 13.4. The van der Waals surface area contributed by atoms with Gasteiger partial charge in [-0.25, -0.2) is 13.9 Å². The Morgan fingerprint density at radius 2 is 2.32 bits per heavy atom. The number of hydrogen-bond acceptors (Lipinski definition) is 4. The second kappa shape index (κ2) is 5.27. The number of nitrogen functional groups attached to an aromatic ring is 1. The molecule has 1 aromatic heterocycles. The topological polar surface area (TPSA) is 70.1 Å². The summed E-state index contributed by atoms with van der Waals surface area (Å²) >= 11 is 5.59. The van der Waals surface area contributed by atoms with E-state index in [0.717, 1.165) is 0 Å². The van der Waals surface area contributed by atoms with Gasteiger partial charge in [0, 0.05) is 6.07 Å². The molecule has 2 aromatic rings. The summed E-state index contributed by atoms with van der Waals surface area (Å²) in [4.78, 5) is 11.6. The number of rotatable bonds is 3. The Hall–Kier alpha value is -2.08. The second-order valence-corrected chi connectivity index (χ2v) is 4.08. The number of halogens is 2. The average molecular weight is 284 g/mol. The second-order valence-electron chi connectivity index (χ2n) is 3.67. The van der Waals surface area contributed by atoms with E-state index in [1.165, 1.54) is 23.0 Å². The fraction of sp³-hybridized carbons (Fsp3) is 0.167. The van der Waals surface area contributed by atoms with E-state index in [-0.39, 0.29) is 23.0 Å². The van der Waals surface area contributed by atoms with Crippen LogP contribution in [0.1, 0.15) is 17.3 Å². The van der Waals surface area contributed by atoms with Crippen molar-refractivity contribution in [1.82, 2.24) is 9.78 Å². The molecule has 0 saturated heterocycles. The van der Waals surface area contributed by atoms with E-state index >= 15 is 0 Å². The Labute approximate surface area is 113 Å². The first-order chi connectivity index (χ1) is 9.04. The number of aromatic nitrogens is 2. The third-order valence-corrected chi connectivity index (χ3v) is 2.76. The van der Waals surface area contributed by atoms with Gasteiger partial charge in [-0.05, 0) is 19.1 Å². The number of carbonyl (C=O) groups excluding carboxylic acids is 1. The molecule has 2 N–H and O–H groups in total. The molecule has 1 aromatic carbocycles. The Balaban J connectivity index is 2.41. The molecule has 7 heteroatoms. The first kappa shape index (κ1) is 13.4. The zero-order chi connectivity index (χ0) is 14.0. The van der Waals surface area contributed by atoms with Crippen molar-refractivity contribution >= 4 is 23.4 Å². The van der Waals surface area contributed by atoms with Crippen molar-refractivity contribution in [2.45, 2.75) is 6.92 Å². The summed E-state index contributed by atoms with van der Waals surface area (Å²) in [5, 5.41) is 3.94. The standard InChI is InChI=1S/C12H11ClFN3O2/c1-2-19-12(18)8-6-16-17(11(8)15)7-3-4-9(13)10(14)5-7/h3-6H,2,15H2,1H3. The van der Waals surface area contributed by atoms with E-state index < -0.39 is 11.8 Å².